The first-order chi connectivity index (χ1) is 10.0. The van der Waals surface area contributed by atoms with Crippen molar-refractivity contribution in [3.05, 3.63) is 30.1 Å². The molecule has 0 aliphatic carbocycles. The first-order valence-corrected chi connectivity index (χ1v) is 7.09. The maximum absolute atomic E-state index is 12.7. The van der Waals surface area contributed by atoms with Gasteiger partial charge in [-0.05, 0) is 24.3 Å². The van der Waals surface area contributed by atoms with E-state index in [-0.39, 0.29) is 18.3 Å². The number of β-amino-alcohol motifs (C(OH)–C–C–N with tert-alkyl or cyclic N) is 1. The Balaban J connectivity index is 1.69. The lowest BCUT2D eigenvalue weighted by molar-refractivity contribution is -0.130. The van der Waals surface area contributed by atoms with Gasteiger partial charge in [-0.1, -0.05) is 0 Å². The van der Waals surface area contributed by atoms with Gasteiger partial charge in [-0.2, -0.15) is 0 Å². The van der Waals surface area contributed by atoms with Gasteiger partial charge in [-0.15, -0.1) is 0 Å². The molecule has 6 heteroatoms. The van der Waals surface area contributed by atoms with Crippen molar-refractivity contribution in [3.8, 4) is 5.75 Å². The van der Waals surface area contributed by atoms with Crippen LogP contribution in [-0.4, -0.2) is 66.2 Å². The summed E-state index contributed by atoms with van der Waals surface area (Å²) >= 11 is 0. The molecule has 116 valence electrons. The molecule has 1 atom stereocenters. The first kappa shape index (κ1) is 15.7. The van der Waals surface area contributed by atoms with Crippen molar-refractivity contribution >= 4 is 5.91 Å². The number of hydrogen-bond donors (Lipinski definition) is 1. The summed E-state index contributed by atoms with van der Waals surface area (Å²) in [7, 11) is 0. The predicted molar refractivity (Wildman–Crippen MR) is 76.6 cm³/mol. The quantitative estimate of drug-likeness (QED) is 0.870. The van der Waals surface area contributed by atoms with Crippen LogP contribution in [0.1, 0.15) is 6.92 Å². The standard InChI is InChI=1S/C15H21FN2O3/c1-12(19)18-8-6-17(7-9-18)10-14(20)11-21-15-4-2-13(16)3-5-15/h2-5,14,20H,6-11H2,1H3. The van der Waals surface area contributed by atoms with E-state index in [0.717, 1.165) is 13.1 Å². The number of hydrogen-bond acceptors (Lipinski definition) is 4. The van der Waals surface area contributed by atoms with Gasteiger partial charge >= 0.3 is 0 Å². The van der Waals surface area contributed by atoms with E-state index in [2.05, 4.69) is 4.90 Å². The molecule has 1 N–H and O–H groups in total. The predicted octanol–water partition coefficient (Wildman–Crippen LogP) is 0.729. The van der Waals surface area contributed by atoms with Crippen molar-refractivity contribution in [2.45, 2.75) is 13.0 Å². The van der Waals surface area contributed by atoms with Crippen molar-refractivity contribution in [1.29, 1.82) is 0 Å². The number of aliphatic hydroxyl groups excluding tert-OH is 1. The Morgan fingerprint density at radius 3 is 2.48 bits per heavy atom. The minimum atomic E-state index is -0.612. The second-order valence-corrected chi connectivity index (χ2v) is 5.23. The van der Waals surface area contributed by atoms with Crippen molar-refractivity contribution < 1.29 is 19.0 Å². The smallest absolute Gasteiger partial charge is 0.219 e. The van der Waals surface area contributed by atoms with Gasteiger partial charge in [0.15, 0.2) is 0 Å². The number of piperazine rings is 1. The van der Waals surface area contributed by atoms with Gasteiger partial charge in [0.2, 0.25) is 5.91 Å². The highest BCUT2D eigenvalue weighted by Gasteiger charge is 2.20. The highest BCUT2D eigenvalue weighted by molar-refractivity contribution is 5.73. The fourth-order valence-corrected chi connectivity index (χ4v) is 2.32. The lowest BCUT2D eigenvalue weighted by Gasteiger charge is -2.35. The summed E-state index contributed by atoms with van der Waals surface area (Å²) < 4.78 is 18.2. The molecule has 1 amide bonds. The number of nitrogens with zero attached hydrogens (tertiary/aromatic N) is 2. The molecule has 1 fully saturated rings. The summed E-state index contributed by atoms with van der Waals surface area (Å²) in [5.74, 6) is 0.318. The lowest BCUT2D eigenvalue weighted by atomic mass is 10.2. The summed E-state index contributed by atoms with van der Waals surface area (Å²) in [5, 5.41) is 9.97. The summed E-state index contributed by atoms with van der Waals surface area (Å²) in [5.41, 5.74) is 0. The number of halogens is 1. The number of ether oxygens (including phenoxy) is 1. The van der Waals surface area contributed by atoms with Crippen LogP contribution in [0.2, 0.25) is 0 Å². The number of aliphatic hydroxyl groups is 1. The van der Waals surface area contributed by atoms with Crippen LogP contribution in [0.4, 0.5) is 4.39 Å². The molecular weight excluding hydrogens is 275 g/mol. The van der Waals surface area contributed by atoms with Gasteiger partial charge in [-0.3, -0.25) is 9.69 Å². The third kappa shape index (κ3) is 4.99. The minimum Gasteiger partial charge on any atom is -0.491 e. The molecular formula is C15H21FN2O3. The maximum atomic E-state index is 12.7. The molecule has 0 spiro atoms. The lowest BCUT2D eigenvalue weighted by Crippen LogP contribution is -2.50. The van der Waals surface area contributed by atoms with E-state index in [9.17, 15) is 14.3 Å². The Morgan fingerprint density at radius 2 is 1.90 bits per heavy atom. The number of carbonyl (C=O) groups is 1. The summed E-state index contributed by atoms with van der Waals surface area (Å²) in [6, 6.07) is 5.72. The molecule has 1 saturated heterocycles. The molecule has 1 aromatic carbocycles. The third-order valence-corrected chi connectivity index (χ3v) is 3.54. The topological polar surface area (TPSA) is 53.0 Å². The average molecular weight is 296 g/mol. The minimum absolute atomic E-state index is 0.0924. The molecule has 0 bridgehead atoms. The Morgan fingerprint density at radius 1 is 1.29 bits per heavy atom. The Bertz CT molecular complexity index is 458. The molecule has 0 aromatic heterocycles. The van der Waals surface area contributed by atoms with E-state index in [0.29, 0.717) is 25.4 Å². The highest BCUT2D eigenvalue weighted by Crippen LogP contribution is 2.11. The average Bonchev–Trinajstić information content (AvgIpc) is 2.47. The van der Waals surface area contributed by atoms with Gasteiger partial charge in [0.25, 0.3) is 0 Å². The van der Waals surface area contributed by atoms with Gasteiger partial charge in [-0.25, -0.2) is 4.39 Å². The fraction of sp³-hybridized carbons (Fsp3) is 0.533. The number of rotatable bonds is 5. The van der Waals surface area contributed by atoms with Crippen LogP contribution in [-0.2, 0) is 4.79 Å². The molecule has 1 unspecified atom stereocenters. The second-order valence-electron chi connectivity index (χ2n) is 5.23. The van der Waals surface area contributed by atoms with Crippen LogP contribution in [0.25, 0.3) is 0 Å². The molecule has 1 aromatic rings. The Labute approximate surface area is 123 Å². The number of amides is 1. The molecule has 0 saturated carbocycles. The van der Waals surface area contributed by atoms with Crippen molar-refractivity contribution in [3.63, 3.8) is 0 Å². The molecule has 1 aliphatic heterocycles. The highest BCUT2D eigenvalue weighted by atomic mass is 19.1. The third-order valence-electron chi connectivity index (χ3n) is 3.54. The first-order valence-electron chi connectivity index (χ1n) is 7.09. The largest absolute Gasteiger partial charge is 0.491 e. The van der Waals surface area contributed by atoms with Crippen molar-refractivity contribution in [1.82, 2.24) is 9.80 Å². The summed E-state index contributed by atoms with van der Waals surface area (Å²) in [6.45, 7) is 5.15. The Kier molecular flexibility index (Phi) is 5.52. The maximum Gasteiger partial charge on any atom is 0.219 e. The van der Waals surface area contributed by atoms with E-state index in [1.165, 1.54) is 24.3 Å². The van der Waals surface area contributed by atoms with Crippen molar-refractivity contribution in [2.24, 2.45) is 0 Å². The summed E-state index contributed by atoms with van der Waals surface area (Å²) in [4.78, 5) is 15.1. The van der Waals surface area contributed by atoms with E-state index in [1.807, 2.05) is 0 Å². The van der Waals surface area contributed by atoms with Crippen LogP contribution < -0.4 is 4.74 Å². The van der Waals surface area contributed by atoms with Gasteiger partial charge in [0, 0.05) is 39.6 Å². The molecule has 5 nitrogen and oxygen atoms in total. The second kappa shape index (κ2) is 7.38. The van der Waals surface area contributed by atoms with E-state index in [4.69, 9.17) is 4.74 Å². The fourth-order valence-electron chi connectivity index (χ4n) is 2.32. The van der Waals surface area contributed by atoms with Crippen LogP contribution in [0.5, 0.6) is 5.75 Å². The number of benzene rings is 1. The molecule has 1 heterocycles. The van der Waals surface area contributed by atoms with E-state index in [1.54, 1.807) is 11.8 Å². The Hall–Kier alpha value is -1.66. The monoisotopic (exact) mass is 296 g/mol. The van der Waals surface area contributed by atoms with Gasteiger partial charge in [0.05, 0.1) is 0 Å². The van der Waals surface area contributed by atoms with Crippen molar-refractivity contribution in [2.75, 3.05) is 39.3 Å². The zero-order valence-electron chi connectivity index (χ0n) is 12.2. The van der Waals surface area contributed by atoms with Crippen LogP contribution in [0, 0.1) is 5.82 Å². The SMILES string of the molecule is CC(=O)N1CCN(CC(O)COc2ccc(F)cc2)CC1. The molecule has 1 aliphatic rings. The summed E-state index contributed by atoms with van der Waals surface area (Å²) in [6.07, 6.45) is -0.612. The van der Waals surface area contributed by atoms with Crippen LogP contribution in [0.15, 0.2) is 24.3 Å². The number of carbonyl (C=O) groups excluding carboxylic acids is 1. The van der Waals surface area contributed by atoms with Gasteiger partial charge < -0.3 is 14.7 Å². The van der Waals surface area contributed by atoms with Gasteiger partial charge in [0.1, 0.15) is 24.3 Å². The normalized spacial score (nSPS) is 17.6. The van der Waals surface area contributed by atoms with E-state index < -0.39 is 6.10 Å². The zero-order chi connectivity index (χ0) is 15.2. The molecule has 0 radical (unpaired) electrons. The van der Waals surface area contributed by atoms with Crippen LogP contribution >= 0.6 is 0 Å². The molecule has 21 heavy (non-hydrogen) atoms. The molecule has 2 rings (SSSR count). The van der Waals surface area contributed by atoms with Crippen LogP contribution in [0.3, 0.4) is 0 Å². The zero-order valence-corrected chi connectivity index (χ0v) is 12.2. The van der Waals surface area contributed by atoms with E-state index >= 15 is 0 Å².